The standard InChI is InChI=1S/C8H4F9Si.3C8H18N.Hf/c9-6(10,11)18(7(12,13)14,8(15,16)17)5-3-1-2-4-5;3*1-7(2,3)9-8(4,5)6;/h1-4H;3*1-6H3;/q4*-1;+4. The average molecular weight is 862 g/mol. The molecule has 0 N–H and O–H groups in total. The molecule has 0 heterocycles. The van der Waals surface area contributed by atoms with Crippen molar-refractivity contribution in [1.82, 2.24) is 0 Å². The zero-order valence-corrected chi connectivity index (χ0v) is 35.6. The summed E-state index contributed by atoms with van der Waals surface area (Å²) in [5.74, 6) is -19.2. The quantitative estimate of drug-likeness (QED) is 0.153. The Hall–Kier alpha value is -0.313. The molecule has 0 saturated carbocycles. The minimum atomic E-state index is -7.72. The second-order valence-electron chi connectivity index (χ2n) is 16.8. The first-order valence-electron chi connectivity index (χ1n) is 14.6. The van der Waals surface area contributed by atoms with Crippen LogP contribution in [0.1, 0.15) is 125 Å². The molecule has 0 aliphatic heterocycles. The molecule has 0 fully saturated rings. The maximum Gasteiger partial charge on any atom is 4.00 e. The van der Waals surface area contributed by atoms with Crippen LogP contribution in [0.15, 0.2) is 24.3 Å². The fraction of sp³-hybridized carbons (Fsp3) is 0.844. The van der Waals surface area contributed by atoms with Crippen LogP contribution in [0, 0.1) is 0 Å². The van der Waals surface area contributed by atoms with Crippen molar-refractivity contribution in [3.05, 3.63) is 40.2 Å². The van der Waals surface area contributed by atoms with Crippen molar-refractivity contribution in [3.63, 3.8) is 0 Å². The molecule has 3 nitrogen and oxygen atoms in total. The van der Waals surface area contributed by atoms with Gasteiger partial charge in [-0.3, -0.25) is 0 Å². The van der Waals surface area contributed by atoms with Crippen LogP contribution in [-0.4, -0.2) is 58.7 Å². The van der Waals surface area contributed by atoms with Gasteiger partial charge in [0, 0.05) is 0 Å². The van der Waals surface area contributed by atoms with Crippen LogP contribution in [0.3, 0.4) is 0 Å². The summed E-state index contributed by atoms with van der Waals surface area (Å²) in [6.45, 7) is 38.2. The topological polar surface area (TPSA) is 42.3 Å². The molecule has 0 saturated heterocycles. The molecule has 1 aromatic carbocycles. The minimum absolute atomic E-state index is 0. The number of rotatable bonds is 1. The van der Waals surface area contributed by atoms with E-state index in [9.17, 15) is 39.5 Å². The molecule has 0 radical (unpaired) electrons. The van der Waals surface area contributed by atoms with Crippen LogP contribution in [0.4, 0.5) is 39.5 Å². The molecular weight excluding hydrogens is 804 g/mol. The van der Waals surface area contributed by atoms with Crippen molar-refractivity contribution < 1.29 is 65.4 Å². The maximum atomic E-state index is 12.6. The monoisotopic (exact) mass is 863 g/mol. The Balaban J connectivity index is -0.000000271. The van der Waals surface area contributed by atoms with E-state index < -0.39 is 30.7 Å². The van der Waals surface area contributed by atoms with Crippen molar-refractivity contribution >= 4 is 13.3 Å². The molecule has 272 valence electrons. The summed E-state index contributed by atoms with van der Waals surface area (Å²) in [5, 5.41) is 11.9. The summed E-state index contributed by atoms with van der Waals surface area (Å²) in [5.41, 5.74) is 0.656. The number of alkyl halides is 9. The number of hydrogen-bond donors (Lipinski definition) is 0. The van der Waals surface area contributed by atoms with Crippen LogP contribution >= 0.6 is 0 Å². The van der Waals surface area contributed by atoms with Crippen LogP contribution in [0.25, 0.3) is 16.0 Å². The summed E-state index contributed by atoms with van der Waals surface area (Å²) in [4.78, 5) is 0. The molecule has 0 amide bonds. The van der Waals surface area contributed by atoms with E-state index in [1.54, 1.807) is 0 Å². The first-order valence-corrected chi connectivity index (χ1v) is 16.6. The molecule has 0 aliphatic rings. The number of halogens is 9. The molecular formula is C32H58F9HfN3Si. The molecule has 46 heavy (non-hydrogen) atoms. The number of nitrogens with zero attached hydrogens (tertiary/aromatic N) is 3. The largest absolute Gasteiger partial charge is 4.00 e. The zero-order valence-electron chi connectivity index (χ0n) is 31.1. The number of hydrogen-bond acceptors (Lipinski definition) is 0. The summed E-state index contributed by atoms with van der Waals surface area (Å²) in [7, 11) is -7.72. The molecule has 0 aliphatic carbocycles. The normalized spacial score (nSPS) is 14.1. The van der Waals surface area contributed by atoms with Crippen molar-refractivity contribution in [2.24, 2.45) is 0 Å². The Morgan fingerprint density at radius 2 is 0.522 bits per heavy atom. The fourth-order valence-electron chi connectivity index (χ4n) is 4.62. The summed E-state index contributed by atoms with van der Waals surface area (Å²) in [6.07, 6.45) is 0. The first-order chi connectivity index (χ1) is 19.0. The Morgan fingerprint density at radius 1 is 0.370 bits per heavy atom. The Labute approximate surface area is 293 Å². The smallest absolute Gasteiger partial charge is 0.653 e. The van der Waals surface area contributed by atoms with Gasteiger partial charge in [-0.15, -0.1) is 38.4 Å². The molecule has 1 aromatic rings. The van der Waals surface area contributed by atoms with Crippen molar-refractivity contribution in [1.29, 1.82) is 0 Å². The van der Waals surface area contributed by atoms with Gasteiger partial charge in [-0.1, -0.05) is 125 Å². The van der Waals surface area contributed by atoms with Crippen LogP contribution < -0.4 is 5.19 Å². The maximum absolute atomic E-state index is 12.6. The molecule has 14 heteroatoms. The van der Waals surface area contributed by atoms with Crippen molar-refractivity contribution in [2.45, 2.75) is 175 Å². The van der Waals surface area contributed by atoms with E-state index >= 15 is 0 Å². The van der Waals surface area contributed by atoms with Gasteiger partial charge in [0.05, 0.1) is 0 Å². The van der Waals surface area contributed by atoms with E-state index in [4.69, 9.17) is 0 Å². The van der Waals surface area contributed by atoms with Crippen LogP contribution in [-0.2, 0) is 25.8 Å². The summed E-state index contributed by atoms with van der Waals surface area (Å²) in [6, 6.07) is 1.84. The summed E-state index contributed by atoms with van der Waals surface area (Å²) >= 11 is 0. The van der Waals surface area contributed by atoms with Gasteiger partial charge in [0.2, 0.25) is 0 Å². The van der Waals surface area contributed by atoms with Gasteiger partial charge >= 0.3 is 51.3 Å². The van der Waals surface area contributed by atoms with Gasteiger partial charge in [0.1, 0.15) is 0 Å². The second kappa shape index (κ2) is 17.6. The first kappa shape index (κ1) is 52.5. The van der Waals surface area contributed by atoms with E-state index in [1.165, 1.54) is 0 Å². The van der Waals surface area contributed by atoms with Crippen molar-refractivity contribution in [2.75, 3.05) is 0 Å². The van der Waals surface area contributed by atoms with Crippen molar-refractivity contribution in [3.8, 4) is 0 Å². The summed E-state index contributed by atoms with van der Waals surface area (Å²) < 4.78 is 113. The van der Waals surface area contributed by atoms with Crippen LogP contribution in [0.2, 0.25) is 0 Å². The predicted octanol–water partition coefficient (Wildman–Crippen LogP) is 12.2. The van der Waals surface area contributed by atoms with Gasteiger partial charge in [0.15, 0.2) is 0 Å². The molecule has 0 bridgehead atoms. The van der Waals surface area contributed by atoms with Gasteiger partial charge in [-0.05, 0) is 0 Å². The van der Waals surface area contributed by atoms with Gasteiger partial charge in [-0.2, -0.15) is 51.6 Å². The van der Waals surface area contributed by atoms with E-state index in [1.807, 2.05) is 0 Å². The molecule has 1 rings (SSSR count). The Kier molecular flexibility index (Phi) is 20.0. The predicted molar refractivity (Wildman–Crippen MR) is 174 cm³/mol. The van der Waals surface area contributed by atoms with E-state index in [0.29, 0.717) is 12.1 Å². The molecule has 0 atom stereocenters. The van der Waals surface area contributed by atoms with Gasteiger partial charge in [0.25, 0.3) is 0 Å². The fourth-order valence-corrected chi connectivity index (χ4v) is 7.25. The zero-order chi connectivity index (χ0) is 37.5. The van der Waals surface area contributed by atoms with E-state index in [-0.39, 0.29) is 71.2 Å². The van der Waals surface area contributed by atoms with Gasteiger partial charge < -0.3 is 16.0 Å². The third-order valence-electron chi connectivity index (χ3n) is 4.38. The third-order valence-corrected chi connectivity index (χ3v) is 8.13. The third kappa shape index (κ3) is 23.9. The Bertz CT molecular complexity index is 812. The van der Waals surface area contributed by atoms with E-state index in [0.717, 1.165) is 0 Å². The molecule has 0 spiro atoms. The van der Waals surface area contributed by atoms with Gasteiger partial charge in [-0.25, -0.2) is 12.1 Å². The average Bonchev–Trinajstić information content (AvgIpc) is 3.03. The molecule has 0 unspecified atom stereocenters. The van der Waals surface area contributed by atoms with Crippen LogP contribution in [0.5, 0.6) is 0 Å². The SMILES string of the molecule is CC(C)(C)[N-]C(C)(C)C.CC(C)(C)[N-]C(C)(C)C.CC(C)(C)[N-]C(C)(C)C.FC(F)(F)[Si]([c-]1cccc1)(C(F)(F)F)C(F)(F)F.[Hf+4]. The minimum Gasteiger partial charge on any atom is -0.653 e. The van der Waals surface area contributed by atoms with E-state index in [2.05, 4.69) is 141 Å². The Morgan fingerprint density at radius 3 is 0.609 bits per heavy atom. The molecule has 0 aromatic heterocycles. The second-order valence-corrected chi connectivity index (χ2v) is 20.6.